The van der Waals surface area contributed by atoms with E-state index in [1.807, 2.05) is 47.0 Å². The average molecular weight is 841 g/mol. The predicted octanol–water partition coefficient (Wildman–Crippen LogP) is 4.61. The molecule has 320 valence electrons. The van der Waals surface area contributed by atoms with Gasteiger partial charge in [0.15, 0.2) is 0 Å². The quantitative estimate of drug-likeness (QED) is 0.108. The van der Waals surface area contributed by atoms with Crippen LogP contribution in [0.4, 0.5) is 27.3 Å². The topological polar surface area (TPSA) is 168 Å². The Hall–Kier alpha value is -6.39. The smallest absolute Gasteiger partial charge is 0.255 e. The van der Waals surface area contributed by atoms with Gasteiger partial charge in [0, 0.05) is 87.9 Å². The molecule has 5 aliphatic heterocycles. The Morgan fingerprint density at radius 1 is 0.855 bits per heavy atom. The van der Waals surface area contributed by atoms with Crippen LogP contribution in [0.2, 0.25) is 0 Å². The fourth-order valence-corrected chi connectivity index (χ4v) is 9.84. The van der Waals surface area contributed by atoms with Crippen LogP contribution in [0.15, 0.2) is 73.2 Å². The van der Waals surface area contributed by atoms with E-state index in [0.717, 1.165) is 98.8 Å². The molecule has 5 aliphatic rings. The molecule has 4 amide bonds. The number of piperidine rings is 2. The standard InChI is InChI=1S/C46H49FN10O5/c47-30-11-16-56-38(27-49-40(56)24-30)34-6-7-36(42-35(34)26-50-44(42)60)51-39-9-4-32(25-48-39)54-17-13-46(62,14-18-54)12-1-2-15-53-19-21-55(22-20-53)31-3-5-33-29(23-31)28-57(45(33)61)37-8-10-41(58)52-43(37)59/h3-7,9,11,16,23-25,27,37,62H,1-2,8,10,12-15,17-22,26,28H2,(H,48,51)(H,50,60)(H,52,58,59). The number of carbonyl (C=O) groups excluding carboxylic acids is 4. The Morgan fingerprint density at radius 3 is 2.44 bits per heavy atom. The van der Waals surface area contributed by atoms with Gasteiger partial charge in [-0.15, -0.1) is 0 Å². The fraction of sp³-hybridized carbons (Fsp3) is 0.391. The van der Waals surface area contributed by atoms with Crippen molar-refractivity contribution in [3.63, 3.8) is 0 Å². The van der Waals surface area contributed by atoms with Crippen LogP contribution in [0.1, 0.15) is 76.8 Å². The summed E-state index contributed by atoms with van der Waals surface area (Å²) in [5.74, 6) is -0.744. The van der Waals surface area contributed by atoms with Crippen molar-refractivity contribution in [1.82, 2.24) is 34.8 Å². The Balaban J connectivity index is 0.670. The van der Waals surface area contributed by atoms with Crippen molar-refractivity contribution in [1.29, 1.82) is 0 Å². The number of amides is 4. The van der Waals surface area contributed by atoms with E-state index in [-0.39, 0.29) is 30.0 Å². The molecule has 3 fully saturated rings. The van der Waals surface area contributed by atoms with Crippen LogP contribution in [0, 0.1) is 5.82 Å². The number of nitrogens with zero attached hydrogens (tertiary/aromatic N) is 7. The molecule has 4 N–H and O–H groups in total. The average Bonchev–Trinajstić information content (AvgIpc) is 3.98. The van der Waals surface area contributed by atoms with E-state index in [0.29, 0.717) is 60.6 Å². The number of rotatable bonds is 11. The Kier molecular flexibility index (Phi) is 10.3. The van der Waals surface area contributed by atoms with E-state index in [2.05, 4.69) is 46.7 Å². The highest BCUT2D eigenvalue weighted by atomic mass is 19.1. The molecule has 5 aromatic rings. The van der Waals surface area contributed by atoms with Gasteiger partial charge in [-0.05, 0) is 98.7 Å². The molecule has 0 radical (unpaired) electrons. The monoisotopic (exact) mass is 840 g/mol. The maximum Gasteiger partial charge on any atom is 0.255 e. The Morgan fingerprint density at radius 2 is 1.65 bits per heavy atom. The number of aliphatic hydroxyl groups is 1. The van der Waals surface area contributed by atoms with Gasteiger partial charge in [-0.2, -0.15) is 0 Å². The summed E-state index contributed by atoms with van der Waals surface area (Å²) in [6, 6.07) is 15.9. The van der Waals surface area contributed by atoms with Crippen molar-refractivity contribution in [2.45, 2.75) is 69.7 Å². The van der Waals surface area contributed by atoms with Gasteiger partial charge >= 0.3 is 0 Å². The maximum atomic E-state index is 13.8. The summed E-state index contributed by atoms with van der Waals surface area (Å²) in [5, 5.41) is 20.1. The van der Waals surface area contributed by atoms with Crippen molar-refractivity contribution >= 4 is 52.2 Å². The lowest BCUT2D eigenvalue weighted by atomic mass is 9.86. The van der Waals surface area contributed by atoms with Gasteiger partial charge < -0.3 is 30.4 Å². The molecular weight excluding hydrogens is 792 g/mol. The number of piperazine rings is 1. The highest BCUT2D eigenvalue weighted by molar-refractivity contribution is 6.06. The minimum atomic E-state index is -0.681. The van der Waals surface area contributed by atoms with Crippen LogP contribution in [-0.2, 0) is 22.7 Å². The zero-order chi connectivity index (χ0) is 42.5. The van der Waals surface area contributed by atoms with Crippen molar-refractivity contribution in [2.24, 2.45) is 0 Å². The molecule has 3 saturated heterocycles. The number of imide groups is 1. The number of pyridine rings is 2. The van der Waals surface area contributed by atoms with Crippen LogP contribution < -0.4 is 25.8 Å². The number of halogens is 1. The number of aromatic nitrogens is 3. The van der Waals surface area contributed by atoms with Gasteiger partial charge in [-0.25, -0.2) is 14.4 Å². The second kappa shape index (κ2) is 16.1. The van der Waals surface area contributed by atoms with Gasteiger partial charge in [-0.3, -0.25) is 33.8 Å². The highest BCUT2D eigenvalue weighted by Gasteiger charge is 2.39. The number of anilines is 4. The molecule has 1 unspecified atom stereocenters. The van der Waals surface area contributed by atoms with Gasteiger partial charge in [0.1, 0.15) is 23.3 Å². The molecule has 0 saturated carbocycles. The number of fused-ring (bicyclic) bond motifs is 3. The molecule has 2 aromatic carbocycles. The summed E-state index contributed by atoms with van der Waals surface area (Å²) in [5.41, 5.74) is 7.12. The van der Waals surface area contributed by atoms with Crippen LogP contribution in [0.25, 0.3) is 16.9 Å². The van der Waals surface area contributed by atoms with Crippen LogP contribution in [0.5, 0.6) is 0 Å². The van der Waals surface area contributed by atoms with E-state index < -0.39 is 17.6 Å². The normalized spacial score (nSPS) is 20.1. The molecule has 3 aromatic heterocycles. The zero-order valence-corrected chi connectivity index (χ0v) is 34.4. The van der Waals surface area contributed by atoms with Gasteiger partial charge in [0.25, 0.3) is 11.8 Å². The number of nitrogens with one attached hydrogen (secondary N) is 3. The Bertz CT molecular complexity index is 2580. The lowest BCUT2D eigenvalue weighted by molar-refractivity contribution is -0.136. The molecule has 62 heavy (non-hydrogen) atoms. The molecular formula is C46H49FN10O5. The predicted molar refractivity (Wildman–Crippen MR) is 231 cm³/mol. The summed E-state index contributed by atoms with van der Waals surface area (Å²) in [7, 11) is 0. The third-order valence-electron chi connectivity index (χ3n) is 13.4. The number of carbonyl (C=O) groups is 4. The SMILES string of the molecule is O=C1CCC(N2Cc3cc(N4CCN(CCCCC5(O)CCN(c6ccc(Nc7ccc(-c8cnc9cc(F)ccn89)c8c7C(=O)NC8)nc6)CC5)CC4)ccc3C2=O)C(=O)N1. The van der Waals surface area contributed by atoms with E-state index in [1.54, 1.807) is 17.3 Å². The summed E-state index contributed by atoms with van der Waals surface area (Å²) in [4.78, 5) is 67.9. The third-order valence-corrected chi connectivity index (χ3v) is 13.4. The Labute approximate surface area is 357 Å². The van der Waals surface area contributed by atoms with Crippen molar-refractivity contribution in [2.75, 3.05) is 60.9 Å². The molecule has 15 nitrogen and oxygen atoms in total. The van der Waals surface area contributed by atoms with Crippen molar-refractivity contribution in [3.8, 4) is 11.3 Å². The summed E-state index contributed by atoms with van der Waals surface area (Å²) in [6.45, 7) is 6.88. The minimum Gasteiger partial charge on any atom is -0.390 e. The molecule has 1 atom stereocenters. The van der Waals surface area contributed by atoms with Crippen LogP contribution in [0.3, 0.4) is 0 Å². The highest BCUT2D eigenvalue weighted by Crippen LogP contribution is 2.37. The third kappa shape index (κ3) is 7.61. The van der Waals surface area contributed by atoms with E-state index in [9.17, 15) is 28.7 Å². The summed E-state index contributed by atoms with van der Waals surface area (Å²) < 4.78 is 15.6. The largest absolute Gasteiger partial charge is 0.390 e. The molecule has 10 rings (SSSR count). The van der Waals surface area contributed by atoms with Gasteiger partial charge in [0.2, 0.25) is 11.8 Å². The minimum absolute atomic E-state index is 0.151. The molecule has 0 bridgehead atoms. The number of unbranched alkanes of at least 4 members (excludes halogenated alkanes) is 1. The molecule has 8 heterocycles. The van der Waals surface area contributed by atoms with Crippen LogP contribution in [-0.4, -0.2) is 110 Å². The lowest BCUT2D eigenvalue weighted by Gasteiger charge is -2.39. The number of hydrogen-bond acceptors (Lipinski definition) is 11. The first-order valence-corrected chi connectivity index (χ1v) is 21.6. The molecule has 0 spiro atoms. The van der Waals surface area contributed by atoms with E-state index in [1.165, 1.54) is 12.1 Å². The van der Waals surface area contributed by atoms with Crippen molar-refractivity contribution < 1.29 is 28.7 Å². The summed E-state index contributed by atoms with van der Waals surface area (Å²) >= 11 is 0. The van der Waals surface area contributed by atoms with E-state index in [4.69, 9.17) is 0 Å². The zero-order valence-electron chi connectivity index (χ0n) is 34.4. The second-order valence-electron chi connectivity index (χ2n) is 17.2. The number of hydrogen-bond donors (Lipinski definition) is 4. The first-order valence-electron chi connectivity index (χ1n) is 21.6. The lowest BCUT2D eigenvalue weighted by Crippen LogP contribution is -2.52. The molecule has 16 heteroatoms. The van der Waals surface area contributed by atoms with Crippen LogP contribution >= 0.6 is 0 Å². The first kappa shape index (κ1) is 39.7. The molecule has 0 aliphatic carbocycles. The summed E-state index contributed by atoms with van der Waals surface area (Å²) in [6.07, 6.45) is 9.92. The first-order chi connectivity index (χ1) is 30.1. The maximum absolute atomic E-state index is 13.8. The number of benzene rings is 2. The number of imidazole rings is 1. The second-order valence-corrected chi connectivity index (χ2v) is 17.2. The van der Waals surface area contributed by atoms with E-state index >= 15 is 0 Å². The fourth-order valence-electron chi connectivity index (χ4n) is 9.84. The van der Waals surface area contributed by atoms with Gasteiger partial charge in [-0.1, -0.05) is 6.07 Å². The van der Waals surface area contributed by atoms with Gasteiger partial charge in [0.05, 0.1) is 40.6 Å². The van der Waals surface area contributed by atoms with Crippen molar-refractivity contribution in [3.05, 3.63) is 101 Å².